The van der Waals surface area contributed by atoms with Gasteiger partial charge in [0.1, 0.15) is 13.2 Å². The first kappa shape index (κ1) is 76.3. The van der Waals surface area contributed by atoms with E-state index in [-0.39, 0.29) is 31.1 Å². The minimum absolute atomic E-state index is 0.0798. The molecule has 0 rings (SSSR count). The predicted octanol–water partition coefficient (Wildman–Crippen LogP) is 23.6. The molecule has 0 aliphatic heterocycles. The molecule has 0 aliphatic carbocycles. The molecule has 1 atom stereocenters. The molecule has 0 N–H and O–H groups in total. The van der Waals surface area contributed by atoms with E-state index < -0.39 is 6.10 Å². The molecule has 6 nitrogen and oxygen atoms in total. The zero-order chi connectivity index (χ0) is 57.8. The first-order valence-electron chi connectivity index (χ1n) is 34.2. The summed E-state index contributed by atoms with van der Waals surface area (Å²) in [6, 6.07) is 0. The summed E-state index contributed by atoms with van der Waals surface area (Å²) in [6.45, 7) is 6.50. The van der Waals surface area contributed by atoms with Crippen molar-refractivity contribution >= 4 is 17.9 Å². The molecule has 6 heteroatoms. The van der Waals surface area contributed by atoms with Crippen molar-refractivity contribution in [1.82, 2.24) is 0 Å². The molecule has 0 heterocycles. The van der Waals surface area contributed by atoms with E-state index in [0.717, 1.165) is 116 Å². The minimum atomic E-state index is -0.783. The zero-order valence-corrected chi connectivity index (χ0v) is 52.8. The van der Waals surface area contributed by atoms with Crippen LogP contribution in [0.5, 0.6) is 0 Å². The summed E-state index contributed by atoms with van der Waals surface area (Å²) < 4.78 is 16.9. The third-order valence-electron chi connectivity index (χ3n) is 14.8. The Morgan fingerprint density at radius 2 is 0.500 bits per heavy atom. The van der Waals surface area contributed by atoms with Crippen molar-refractivity contribution in [3.8, 4) is 0 Å². The summed E-state index contributed by atoms with van der Waals surface area (Å²) >= 11 is 0. The number of rotatable bonds is 62. The Morgan fingerprint density at radius 3 is 0.812 bits per heavy atom. The zero-order valence-electron chi connectivity index (χ0n) is 52.8. The van der Waals surface area contributed by atoms with Crippen molar-refractivity contribution < 1.29 is 28.6 Å². The van der Waals surface area contributed by atoms with Gasteiger partial charge >= 0.3 is 17.9 Å². The monoisotopic (exact) mass is 1110 g/mol. The molecule has 0 radical (unpaired) electrons. The lowest BCUT2D eigenvalue weighted by Gasteiger charge is -2.18. The maximum absolute atomic E-state index is 12.9. The third-order valence-corrected chi connectivity index (χ3v) is 14.8. The highest BCUT2D eigenvalue weighted by Crippen LogP contribution is 2.17. The number of allylic oxidation sites excluding steroid dienone is 16. The summed E-state index contributed by atoms with van der Waals surface area (Å²) in [5.41, 5.74) is 0. The molecule has 0 amide bonds. The quantitative estimate of drug-likeness (QED) is 0.0261. The van der Waals surface area contributed by atoms with Gasteiger partial charge in [0.05, 0.1) is 0 Å². The molecule has 0 saturated carbocycles. The molecular weight excluding hydrogens is 985 g/mol. The number of ether oxygens (including phenoxy) is 3. The normalized spacial score (nSPS) is 12.7. The van der Waals surface area contributed by atoms with Gasteiger partial charge in [-0.3, -0.25) is 14.4 Å². The van der Waals surface area contributed by atoms with Crippen LogP contribution in [0.4, 0.5) is 0 Å². The average Bonchev–Trinajstić information content (AvgIpc) is 3.46. The lowest BCUT2D eigenvalue weighted by atomic mass is 10.0. The van der Waals surface area contributed by atoms with Gasteiger partial charge in [-0.15, -0.1) is 0 Å². The minimum Gasteiger partial charge on any atom is -0.462 e. The van der Waals surface area contributed by atoms with E-state index in [4.69, 9.17) is 14.2 Å². The highest BCUT2D eigenvalue weighted by Gasteiger charge is 2.19. The van der Waals surface area contributed by atoms with E-state index >= 15 is 0 Å². The van der Waals surface area contributed by atoms with E-state index in [2.05, 4.69) is 118 Å². The van der Waals surface area contributed by atoms with Crippen molar-refractivity contribution in [3.63, 3.8) is 0 Å². The first-order valence-corrected chi connectivity index (χ1v) is 34.2. The Labute approximate surface area is 496 Å². The summed E-state index contributed by atoms with van der Waals surface area (Å²) in [6.07, 6.45) is 91.6. The molecule has 0 aromatic rings. The van der Waals surface area contributed by atoms with Crippen molar-refractivity contribution in [3.05, 3.63) is 97.2 Å². The number of carbonyl (C=O) groups is 3. The summed E-state index contributed by atoms with van der Waals surface area (Å²) in [4.78, 5) is 38.3. The van der Waals surface area contributed by atoms with E-state index in [9.17, 15) is 14.4 Å². The second-order valence-electron chi connectivity index (χ2n) is 22.7. The van der Waals surface area contributed by atoms with Crippen LogP contribution < -0.4 is 0 Å². The van der Waals surface area contributed by atoms with Crippen LogP contribution in [0.15, 0.2) is 97.2 Å². The molecule has 0 aromatic heterocycles. The van der Waals surface area contributed by atoms with Gasteiger partial charge in [-0.25, -0.2) is 0 Å². The molecular formula is C74H128O6. The fourth-order valence-corrected chi connectivity index (χ4v) is 9.66. The van der Waals surface area contributed by atoms with Crippen LogP contribution in [-0.2, 0) is 28.6 Å². The van der Waals surface area contributed by atoms with E-state index in [0.29, 0.717) is 19.3 Å². The van der Waals surface area contributed by atoms with Gasteiger partial charge in [0, 0.05) is 19.3 Å². The van der Waals surface area contributed by atoms with Gasteiger partial charge in [-0.05, 0) is 116 Å². The number of esters is 3. The number of unbranched alkanes of at least 4 members (excludes halogenated alkanes) is 35. The van der Waals surface area contributed by atoms with E-state index in [1.807, 2.05) is 0 Å². The average molecular weight is 1110 g/mol. The summed E-state index contributed by atoms with van der Waals surface area (Å²) in [7, 11) is 0. The Morgan fingerprint density at radius 1 is 0.263 bits per heavy atom. The van der Waals surface area contributed by atoms with Gasteiger partial charge in [0.2, 0.25) is 0 Å². The fourth-order valence-electron chi connectivity index (χ4n) is 9.66. The van der Waals surface area contributed by atoms with E-state index in [1.54, 1.807) is 0 Å². The molecule has 0 fully saturated rings. The second kappa shape index (κ2) is 67.8. The largest absolute Gasteiger partial charge is 0.462 e. The predicted molar refractivity (Wildman–Crippen MR) is 348 cm³/mol. The maximum atomic E-state index is 12.9. The molecule has 0 aliphatic rings. The van der Waals surface area contributed by atoms with Crippen molar-refractivity contribution in [2.24, 2.45) is 0 Å². The van der Waals surface area contributed by atoms with Crippen LogP contribution in [0.2, 0.25) is 0 Å². The molecule has 1 unspecified atom stereocenters. The van der Waals surface area contributed by atoms with Crippen LogP contribution >= 0.6 is 0 Å². The van der Waals surface area contributed by atoms with Crippen molar-refractivity contribution in [2.75, 3.05) is 13.2 Å². The Balaban J connectivity index is 4.11. The standard InChI is InChI=1S/C74H128O6/c1-4-7-10-13-16-19-22-24-26-28-29-30-31-32-33-34-35-36-37-38-39-40-41-42-43-44-45-46-48-49-52-55-58-61-64-67-73(76)79-70-71(69-78-72(75)66-63-60-57-54-51-21-18-15-12-9-6-3)80-74(77)68-65-62-59-56-53-50-47-27-25-23-20-17-14-11-8-5-2/h7,10,15-16,18-19,24,26-27,29-30,32-33,35-36,47,71H,4-6,8-9,11-14,17,20-23,25,28,31,34,37-46,48-70H2,1-3H3/b10-7-,18-15-,19-16-,26-24-,30-29-,33-32-,36-35-,47-27-. The SMILES string of the molecule is CC/C=C\C/C=C\C/C=C\C/C=C\C/C=C\C/C=C\CCCCCCCCCCCCCCCCCCC(=O)OCC(COC(=O)CCCCCCC/C=C\CCCC)OC(=O)CCCCCCC/C=C\CCCCCCCCC. The third kappa shape index (κ3) is 65.1. The maximum Gasteiger partial charge on any atom is 0.306 e. The van der Waals surface area contributed by atoms with Gasteiger partial charge in [0.15, 0.2) is 6.10 Å². The molecule has 0 spiro atoms. The Kier molecular flexibility index (Phi) is 64.7. The Bertz CT molecular complexity index is 1560. The topological polar surface area (TPSA) is 78.9 Å². The second-order valence-corrected chi connectivity index (χ2v) is 22.7. The fraction of sp³-hybridized carbons (Fsp3) is 0.743. The van der Waals surface area contributed by atoms with Crippen LogP contribution in [0.25, 0.3) is 0 Å². The molecule has 0 saturated heterocycles. The van der Waals surface area contributed by atoms with E-state index in [1.165, 1.54) is 180 Å². The van der Waals surface area contributed by atoms with Crippen LogP contribution in [0.1, 0.15) is 335 Å². The van der Waals surface area contributed by atoms with Crippen LogP contribution in [-0.4, -0.2) is 37.2 Å². The summed E-state index contributed by atoms with van der Waals surface area (Å²) in [5, 5.41) is 0. The highest BCUT2D eigenvalue weighted by atomic mass is 16.6. The molecule has 0 bridgehead atoms. The lowest BCUT2D eigenvalue weighted by Crippen LogP contribution is -2.30. The highest BCUT2D eigenvalue weighted by molar-refractivity contribution is 5.71. The van der Waals surface area contributed by atoms with Crippen LogP contribution in [0.3, 0.4) is 0 Å². The van der Waals surface area contributed by atoms with Gasteiger partial charge in [0.25, 0.3) is 0 Å². The number of carbonyl (C=O) groups excluding carboxylic acids is 3. The number of hydrogen-bond donors (Lipinski definition) is 0. The smallest absolute Gasteiger partial charge is 0.306 e. The Hall–Kier alpha value is -3.67. The van der Waals surface area contributed by atoms with Crippen molar-refractivity contribution in [1.29, 1.82) is 0 Å². The van der Waals surface area contributed by atoms with Gasteiger partial charge in [-0.2, -0.15) is 0 Å². The lowest BCUT2D eigenvalue weighted by molar-refractivity contribution is -0.167. The molecule has 0 aromatic carbocycles. The molecule has 80 heavy (non-hydrogen) atoms. The number of hydrogen-bond acceptors (Lipinski definition) is 6. The molecule has 460 valence electrons. The summed E-state index contributed by atoms with van der Waals surface area (Å²) in [5.74, 6) is -0.885. The van der Waals surface area contributed by atoms with Crippen molar-refractivity contribution in [2.45, 2.75) is 341 Å². The van der Waals surface area contributed by atoms with Crippen LogP contribution in [0, 0.1) is 0 Å². The van der Waals surface area contributed by atoms with Gasteiger partial charge < -0.3 is 14.2 Å². The van der Waals surface area contributed by atoms with Gasteiger partial charge in [-0.1, -0.05) is 298 Å². The first-order chi connectivity index (χ1) is 39.5.